The minimum Gasteiger partial charge on any atom is -0.393 e. The summed E-state index contributed by atoms with van der Waals surface area (Å²) in [5.41, 5.74) is 1.08. The molecular weight excluding hydrogens is 321 g/mol. The molecule has 3 rings (SSSR count). The van der Waals surface area contributed by atoms with Crippen molar-refractivity contribution in [3.63, 3.8) is 0 Å². The summed E-state index contributed by atoms with van der Waals surface area (Å²) in [6.45, 7) is 0. The van der Waals surface area contributed by atoms with Gasteiger partial charge >= 0.3 is 0 Å². The molecule has 1 heterocycles. The second-order valence-corrected chi connectivity index (χ2v) is 6.32. The number of aliphatic hydroxyl groups is 1. The second kappa shape index (κ2) is 6.29. The molecule has 2 N–H and O–H groups in total. The number of carbonyl (C=O) groups is 1. The van der Waals surface area contributed by atoms with E-state index >= 15 is 0 Å². The van der Waals surface area contributed by atoms with Crippen molar-refractivity contribution in [3.8, 4) is 0 Å². The number of aryl methyl sites for hydroxylation is 1. The van der Waals surface area contributed by atoms with Gasteiger partial charge in [0.15, 0.2) is 0 Å². The standard InChI is InChI=1S/C16H17ClFN3O2/c1-21-8-11(7-19-21)15(10-4-12(22)5-10)20-16(23)9-2-3-13(17)14(18)6-9/h2-3,6-8,10,12,15,22H,4-5H2,1H3,(H,20,23)/t10?,12?,15-/m0/s1. The first-order valence-electron chi connectivity index (χ1n) is 7.36. The lowest BCUT2D eigenvalue weighted by molar-refractivity contribution is 0.0235. The van der Waals surface area contributed by atoms with Crippen LogP contribution >= 0.6 is 11.6 Å². The molecule has 122 valence electrons. The molecule has 0 saturated heterocycles. The SMILES string of the molecule is Cn1cc([C@@H](NC(=O)c2ccc(Cl)c(F)c2)C2CC(O)C2)cn1. The van der Waals surface area contributed by atoms with Crippen molar-refractivity contribution in [1.82, 2.24) is 15.1 Å². The van der Waals surface area contributed by atoms with Crippen LogP contribution in [0, 0.1) is 11.7 Å². The Morgan fingerprint density at radius 3 is 2.83 bits per heavy atom. The number of rotatable bonds is 4. The zero-order valence-electron chi connectivity index (χ0n) is 12.5. The molecule has 1 fully saturated rings. The Balaban J connectivity index is 1.80. The lowest BCUT2D eigenvalue weighted by atomic mass is 9.75. The number of nitrogens with one attached hydrogen (secondary N) is 1. The van der Waals surface area contributed by atoms with E-state index in [-0.39, 0.29) is 34.6 Å². The molecule has 1 atom stereocenters. The number of aromatic nitrogens is 2. The second-order valence-electron chi connectivity index (χ2n) is 5.91. The number of aliphatic hydroxyl groups excluding tert-OH is 1. The summed E-state index contributed by atoms with van der Waals surface area (Å²) in [6, 6.07) is 3.70. The zero-order valence-corrected chi connectivity index (χ0v) is 13.3. The first-order chi connectivity index (χ1) is 10.9. The minimum atomic E-state index is -0.628. The van der Waals surface area contributed by atoms with Crippen molar-refractivity contribution in [3.05, 3.63) is 52.6 Å². The summed E-state index contributed by atoms with van der Waals surface area (Å²) in [6.07, 6.45) is 4.43. The van der Waals surface area contributed by atoms with Crippen LogP contribution in [0.25, 0.3) is 0 Å². The largest absolute Gasteiger partial charge is 0.393 e. The number of hydrogen-bond acceptors (Lipinski definition) is 3. The lowest BCUT2D eigenvalue weighted by Crippen LogP contribution is -2.41. The van der Waals surface area contributed by atoms with E-state index in [4.69, 9.17) is 11.6 Å². The molecule has 1 aliphatic carbocycles. The average molecular weight is 338 g/mol. The van der Waals surface area contributed by atoms with Gasteiger partial charge in [0.1, 0.15) is 5.82 Å². The molecule has 0 radical (unpaired) electrons. The van der Waals surface area contributed by atoms with Gasteiger partial charge in [-0.15, -0.1) is 0 Å². The quantitative estimate of drug-likeness (QED) is 0.900. The molecule has 2 aromatic rings. The maximum atomic E-state index is 13.5. The van der Waals surface area contributed by atoms with Gasteiger partial charge in [-0.25, -0.2) is 4.39 Å². The molecule has 1 aromatic heterocycles. The predicted molar refractivity (Wildman–Crippen MR) is 83.6 cm³/mol. The summed E-state index contributed by atoms with van der Waals surface area (Å²) in [5.74, 6) is -0.873. The van der Waals surface area contributed by atoms with Gasteiger partial charge in [-0.05, 0) is 37.0 Å². The van der Waals surface area contributed by atoms with Crippen LogP contribution in [0.1, 0.15) is 34.8 Å². The van der Waals surface area contributed by atoms with Crippen LogP contribution in [0.5, 0.6) is 0 Å². The fraction of sp³-hybridized carbons (Fsp3) is 0.375. The third-order valence-electron chi connectivity index (χ3n) is 4.17. The zero-order chi connectivity index (χ0) is 16.6. The van der Waals surface area contributed by atoms with Gasteiger partial charge in [0, 0.05) is 24.4 Å². The number of amides is 1. The topological polar surface area (TPSA) is 67.2 Å². The van der Waals surface area contributed by atoms with Crippen molar-refractivity contribution in [2.45, 2.75) is 25.0 Å². The third kappa shape index (κ3) is 3.38. The van der Waals surface area contributed by atoms with Crippen LogP contribution in [0.15, 0.2) is 30.6 Å². The smallest absolute Gasteiger partial charge is 0.251 e. The van der Waals surface area contributed by atoms with E-state index < -0.39 is 5.82 Å². The molecule has 1 amide bonds. The van der Waals surface area contributed by atoms with E-state index in [1.807, 2.05) is 6.20 Å². The summed E-state index contributed by atoms with van der Waals surface area (Å²) < 4.78 is 15.2. The fourth-order valence-electron chi connectivity index (χ4n) is 2.84. The van der Waals surface area contributed by atoms with Crippen molar-refractivity contribution in [1.29, 1.82) is 0 Å². The molecule has 0 aliphatic heterocycles. The van der Waals surface area contributed by atoms with Crippen molar-refractivity contribution in [2.75, 3.05) is 0 Å². The Bertz CT molecular complexity index is 728. The van der Waals surface area contributed by atoms with E-state index in [0.717, 1.165) is 11.6 Å². The van der Waals surface area contributed by atoms with Gasteiger partial charge in [-0.2, -0.15) is 5.10 Å². The highest BCUT2D eigenvalue weighted by atomic mass is 35.5. The fourth-order valence-corrected chi connectivity index (χ4v) is 2.96. The predicted octanol–water partition coefficient (Wildman–Crippen LogP) is 2.45. The van der Waals surface area contributed by atoms with Gasteiger partial charge in [0.2, 0.25) is 0 Å². The minimum absolute atomic E-state index is 0.0209. The van der Waals surface area contributed by atoms with Crippen molar-refractivity contribution < 1.29 is 14.3 Å². The lowest BCUT2D eigenvalue weighted by Gasteiger charge is -2.37. The monoisotopic (exact) mass is 337 g/mol. The van der Waals surface area contributed by atoms with Gasteiger partial charge in [-0.3, -0.25) is 9.48 Å². The number of hydrogen-bond donors (Lipinski definition) is 2. The maximum absolute atomic E-state index is 13.5. The molecule has 1 saturated carbocycles. The molecule has 1 aliphatic rings. The first-order valence-corrected chi connectivity index (χ1v) is 7.74. The van der Waals surface area contributed by atoms with E-state index in [0.29, 0.717) is 12.8 Å². The Hall–Kier alpha value is -1.92. The maximum Gasteiger partial charge on any atom is 0.251 e. The highest BCUT2D eigenvalue weighted by Crippen LogP contribution is 2.38. The molecule has 23 heavy (non-hydrogen) atoms. The van der Waals surface area contributed by atoms with Crippen molar-refractivity contribution in [2.24, 2.45) is 13.0 Å². The van der Waals surface area contributed by atoms with E-state index in [1.54, 1.807) is 17.9 Å². The molecule has 0 spiro atoms. The summed E-state index contributed by atoms with van der Waals surface area (Å²) >= 11 is 5.64. The number of halogens is 2. The highest BCUT2D eigenvalue weighted by Gasteiger charge is 2.36. The summed E-state index contributed by atoms with van der Waals surface area (Å²) in [5, 5.41) is 16.6. The normalized spacial score (nSPS) is 21.6. The molecule has 0 unspecified atom stereocenters. The first kappa shape index (κ1) is 16.0. The van der Waals surface area contributed by atoms with Gasteiger partial charge < -0.3 is 10.4 Å². The number of benzene rings is 1. The van der Waals surface area contributed by atoms with E-state index in [9.17, 15) is 14.3 Å². The van der Waals surface area contributed by atoms with Crippen molar-refractivity contribution >= 4 is 17.5 Å². The molecular formula is C16H17ClFN3O2. The average Bonchev–Trinajstić information content (AvgIpc) is 2.91. The van der Waals surface area contributed by atoms with Gasteiger partial charge in [-0.1, -0.05) is 11.6 Å². The Kier molecular flexibility index (Phi) is 4.37. The molecule has 7 heteroatoms. The van der Waals surface area contributed by atoms with Crippen LogP contribution in [-0.4, -0.2) is 26.9 Å². The summed E-state index contributed by atoms with van der Waals surface area (Å²) in [7, 11) is 1.80. The number of nitrogens with zero attached hydrogens (tertiary/aromatic N) is 2. The highest BCUT2D eigenvalue weighted by molar-refractivity contribution is 6.30. The van der Waals surface area contributed by atoms with Gasteiger partial charge in [0.05, 0.1) is 23.4 Å². The van der Waals surface area contributed by atoms with E-state index in [1.165, 1.54) is 12.1 Å². The molecule has 0 bridgehead atoms. The molecule has 1 aromatic carbocycles. The number of carbonyl (C=O) groups excluding carboxylic acids is 1. The molecule has 5 nitrogen and oxygen atoms in total. The third-order valence-corrected chi connectivity index (χ3v) is 4.48. The Labute approximate surface area is 138 Å². The Morgan fingerprint density at radius 1 is 1.52 bits per heavy atom. The van der Waals surface area contributed by atoms with Crippen LogP contribution in [0.4, 0.5) is 4.39 Å². The van der Waals surface area contributed by atoms with Crippen LogP contribution in [-0.2, 0) is 7.05 Å². The Morgan fingerprint density at radius 2 is 2.26 bits per heavy atom. The van der Waals surface area contributed by atoms with Crippen LogP contribution in [0.2, 0.25) is 5.02 Å². The van der Waals surface area contributed by atoms with E-state index in [2.05, 4.69) is 10.4 Å². The van der Waals surface area contributed by atoms with Crippen LogP contribution < -0.4 is 5.32 Å². The van der Waals surface area contributed by atoms with Crippen LogP contribution in [0.3, 0.4) is 0 Å². The van der Waals surface area contributed by atoms with Gasteiger partial charge in [0.25, 0.3) is 5.91 Å². The summed E-state index contributed by atoms with van der Waals surface area (Å²) in [4.78, 5) is 12.4.